The number of nitriles is 1. The summed E-state index contributed by atoms with van der Waals surface area (Å²) in [6.45, 7) is 1.38. The Morgan fingerprint density at radius 3 is 2.72 bits per heavy atom. The molecule has 1 fully saturated rings. The van der Waals surface area contributed by atoms with Gasteiger partial charge in [-0.3, -0.25) is 4.68 Å². The molecule has 0 amide bonds. The number of hydrogen-bond donors (Lipinski definition) is 1. The molecule has 96 valence electrons. The van der Waals surface area contributed by atoms with Gasteiger partial charge in [-0.2, -0.15) is 10.4 Å². The topological polar surface area (TPSA) is 87.8 Å². The number of nitrogens with zero attached hydrogens (tertiary/aromatic N) is 3. The molecule has 0 bridgehead atoms. The zero-order chi connectivity index (χ0) is 12.8. The molecule has 2 aliphatic rings. The van der Waals surface area contributed by atoms with Crippen LogP contribution < -0.4 is 5.32 Å². The molecule has 18 heavy (non-hydrogen) atoms. The van der Waals surface area contributed by atoms with Gasteiger partial charge in [0.05, 0.1) is 23.2 Å². The molecule has 1 N–H and O–H groups in total. The van der Waals surface area contributed by atoms with Crippen molar-refractivity contribution >= 4 is 9.84 Å². The van der Waals surface area contributed by atoms with Gasteiger partial charge >= 0.3 is 0 Å². The van der Waals surface area contributed by atoms with Crippen molar-refractivity contribution in [3.63, 3.8) is 0 Å². The number of sulfone groups is 1. The van der Waals surface area contributed by atoms with Crippen molar-refractivity contribution < 1.29 is 8.42 Å². The van der Waals surface area contributed by atoms with E-state index in [2.05, 4.69) is 16.5 Å². The first kappa shape index (κ1) is 11.7. The minimum Gasteiger partial charge on any atom is -0.307 e. The third-order valence-corrected chi connectivity index (χ3v) is 5.38. The molecule has 2 aliphatic heterocycles. The molecule has 0 aromatic carbocycles. The van der Waals surface area contributed by atoms with E-state index in [0.717, 1.165) is 11.3 Å². The van der Waals surface area contributed by atoms with E-state index in [9.17, 15) is 13.7 Å². The van der Waals surface area contributed by atoms with Crippen LogP contribution in [0.3, 0.4) is 0 Å². The molecule has 1 aromatic heterocycles. The highest BCUT2D eigenvalue weighted by Crippen LogP contribution is 2.28. The smallest absolute Gasteiger partial charge is 0.150 e. The normalized spacial score (nSPS) is 22.6. The summed E-state index contributed by atoms with van der Waals surface area (Å²) in [6, 6.07) is 2.25. The molecule has 6 nitrogen and oxygen atoms in total. The van der Waals surface area contributed by atoms with E-state index < -0.39 is 9.84 Å². The maximum Gasteiger partial charge on any atom is 0.150 e. The Hall–Kier alpha value is -1.39. The lowest BCUT2D eigenvalue weighted by Gasteiger charge is -2.23. The van der Waals surface area contributed by atoms with Gasteiger partial charge in [0.2, 0.25) is 0 Å². The van der Waals surface area contributed by atoms with Crippen molar-refractivity contribution in [2.75, 3.05) is 11.5 Å². The summed E-state index contributed by atoms with van der Waals surface area (Å²) in [4.78, 5) is 0. The van der Waals surface area contributed by atoms with Crippen molar-refractivity contribution in [2.45, 2.75) is 32.0 Å². The highest BCUT2D eigenvalue weighted by atomic mass is 32.2. The Morgan fingerprint density at radius 1 is 1.33 bits per heavy atom. The monoisotopic (exact) mass is 266 g/mol. The summed E-state index contributed by atoms with van der Waals surface area (Å²) >= 11 is 0. The highest BCUT2D eigenvalue weighted by molar-refractivity contribution is 7.91. The maximum absolute atomic E-state index is 11.4. The van der Waals surface area contributed by atoms with Gasteiger partial charge in [-0.1, -0.05) is 0 Å². The number of fused-ring (bicyclic) bond motifs is 1. The SMILES string of the molecule is N#Cc1c2c(nn1C1CCS(=O)(=O)CC1)CNC2. The van der Waals surface area contributed by atoms with Crippen molar-refractivity contribution in [3.8, 4) is 6.07 Å². The molecular formula is C11H14N4O2S. The minimum absolute atomic E-state index is 0.0498. The lowest BCUT2D eigenvalue weighted by atomic mass is 10.1. The Bertz CT molecular complexity index is 612. The number of rotatable bonds is 1. The summed E-state index contributed by atoms with van der Waals surface area (Å²) in [5, 5.41) is 16.9. The number of aromatic nitrogens is 2. The summed E-state index contributed by atoms with van der Waals surface area (Å²) in [6.07, 6.45) is 1.12. The third-order valence-electron chi connectivity index (χ3n) is 3.66. The zero-order valence-corrected chi connectivity index (χ0v) is 10.7. The second kappa shape index (κ2) is 4.07. The van der Waals surface area contributed by atoms with E-state index in [4.69, 9.17) is 0 Å². The van der Waals surface area contributed by atoms with Gasteiger partial charge in [0.1, 0.15) is 21.6 Å². The molecule has 3 rings (SSSR count). The van der Waals surface area contributed by atoms with Gasteiger partial charge in [-0.25, -0.2) is 8.42 Å². The lowest BCUT2D eigenvalue weighted by molar-refractivity contribution is 0.405. The molecule has 0 saturated carbocycles. The summed E-state index contributed by atoms with van der Waals surface area (Å²) in [5.41, 5.74) is 2.50. The molecule has 3 heterocycles. The first-order chi connectivity index (χ1) is 8.61. The fourth-order valence-corrected chi connectivity index (χ4v) is 4.12. The Kier molecular flexibility index (Phi) is 2.64. The van der Waals surface area contributed by atoms with Gasteiger partial charge in [-0.15, -0.1) is 0 Å². The average molecular weight is 266 g/mol. The molecule has 1 aromatic rings. The number of nitrogens with one attached hydrogen (secondary N) is 1. The van der Waals surface area contributed by atoms with Crippen LogP contribution in [0.5, 0.6) is 0 Å². The van der Waals surface area contributed by atoms with Crippen molar-refractivity contribution in [3.05, 3.63) is 17.0 Å². The van der Waals surface area contributed by atoms with Crippen LogP contribution in [-0.4, -0.2) is 29.7 Å². The fraction of sp³-hybridized carbons (Fsp3) is 0.636. The fourth-order valence-electron chi connectivity index (χ4n) is 2.65. The van der Waals surface area contributed by atoms with Crippen LogP contribution in [0.4, 0.5) is 0 Å². The zero-order valence-electron chi connectivity index (χ0n) is 9.89. The minimum atomic E-state index is -2.87. The molecule has 0 radical (unpaired) electrons. The van der Waals surface area contributed by atoms with Crippen LogP contribution in [0.2, 0.25) is 0 Å². The van der Waals surface area contributed by atoms with Gasteiger partial charge in [0.15, 0.2) is 0 Å². The Balaban J connectivity index is 1.92. The van der Waals surface area contributed by atoms with Crippen LogP contribution in [0.15, 0.2) is 0 Å². The van der Waals surface area contributed by atoms with Crippen molar-refractivity contribution in [1.82, 2.24) is 15.1 Å². The molecular weight excluding hydrogens is 252 g/mol. The van der Waals surface area contributed by atoms with E-state index in [0.29, 0.717) is 31.6 Å². The third kappa shape index (κ3) is 1.82. The van der Waals surface area contributed by atoms with Crippen LogP contribution in [0.25, 0.3) is 0 Å². The van der Waals surface area contributed by atoms with E-state index in [-0.39, 0.29) is 17.5 Å². The first-order valence-corrected chi connectivity index (χ1v) is 7.84. The quantitative estimate of drug-likeness (QED) is 0.779. The Labute approximate surface area is 106 Å². The lowest BCUT2D eigenvalue weighted by Crippen LogP contribution is -2.27. The summed E-state index contributed by atoms with van der Waals surface area (Å²) < 4.78 is 24.6. The summed E-state index contributed by atoms with van der Waals surface area (Å²) in [7, 11) is -2.87. The molecule has 0 atom stereocenters. The van der Waals surface area contributed by atoms with Crippen LogP contribution in [-0.2, 0) is 22.9 Å². The van der Waals surface area contributed by atoms with E-state index >= 15 is 0 Å². The van der Waals surface area contributed by atoms with Gasteiger partial charge in [-0.05, 0) is 12.8 Å². The van der Waals surface area contributed by atoms with Gasteiger partial charge in [0, 0.05) is 18.7 Å². The molecule has 0 aliphatic carbocycles. The van der Waals surface area contributed by atoms with Crippen molar-refractivity contribution in [2.24, 2.45) is 0 Å². The second-order valence-corrected chi connectivity index (χ2v) is 7.12. The predicted molar refractivity (Wildman–Crippen MR) is 64.4 cm³/mol. The van der Waals surface area contributed by atoms with Crippen LogP contribution in [0, 0.1) is 11.3 Å². The highest BCUT2D eigenvalue weighted by Gasteiger charge is 2.30. The maximum atomic E-state index is 11.4. The molecule has 1 saturated heterocycles. The molecule has 0 unspecified atom stereocenters. The second-order valence-electron chi connectivity index (χ2n) is 4.82. The molecule has 7 heteroatoms. The van der Waals surface area contributed by atoms with Gasteiger partial charge in [0.25, 0.3) is 0 Å². The molecule has 0 spiro atoms. The van der Waals surface area contributed by atoms with E-state index in [1.165, 1.54) is 0 Å². The first-order valence-electron chi connectivity index (χ1n) is 6.02. The predicted octanol–water partition coefficient (Wildman–Crippen LogP) is 0.108. The van der Waals surface area contributed by atoms with E-state index in [1.807, 2.05) is 0 Å². The number of hydrogen-bond acceptors (Lipinski definition) is 5. The standard InChI is InChI=1S/C11H14N4O2S/c12-5-11-9-6-13-7-10(9)14-15(11)8-1-3-18(16,17)4-2-8/h8,13H,1-4,6-7H2. The largest absolute Gasteiger partial charge is 0.307 e. The van der Waals surface area contributed by atoms with Crippen LogP contribution >= 0.6 is 0 Å². The van der Waals surface area contributed by atoms with Crippen LogP contribution in [0.1, 0.15) is 35.8 Å². The average Bonchev–Trinajstić information content (AvgIpc) is 2.88. The Morgan fingerprint density at radius 2 is 2.06 bits per heavy atom. The van der Waals surface area contributed by atoms with Crippen molar-refractivity contribution in [1.29, 1.82) is 5.26 Å². The van der Waals surface area contributed by atoms with E-state index in [1.54, 1.807) is 4.68 Å². The summed E-state index contributed by atoms with van der Waals surface area (Å²) in [5.74, 6) is 0.399. The van der Waals surface area contributed by atoms with Gasteiger partial charge < -0.3 is 5.32 Å².